The standard InChI is InChI=1S/C21H20ClNO2S/c1-2-19(16-6-4-3-5-7-16)23-21(24)20-12-15(14-26-20)13-25-18-10-8-17(22)9-11-18/h3-12,14,19H,2,13H2,1H3,(H,23,24). The third-order valence-electron chi connectivity index (χ3n) is 4.01. The van der Waals surface area contributed by atoms with Gasteiger partial charge in [0.2, 0.25) is 0 Å². The summed E-state index contributed by atoms with van der Waals surface area (Å²) in [6.07, 6.45) is 0.841. The first-order valence-corrected chi connectivity index (χ1v) is 9.73. The fourth-order valence-corrected chi connectivity index (χ4v) is 3.53. The van der Waals surface area contributed by atoms with Gasteiger partial charge in [0, 0.05) is 10.6 Å². The highest BCUT2D eigenvalue weighted by molar-refractivity contribution is 7.12. The molecule has 134 valence electrons. The molecule has 5 heteroatoms. The van der Waals surface area contributed by atoms with Crippen molar-refractivity contribution >= 4 is 28.8 Å². The van der Waals surface area contributed by atoms with E-state index in [1.807, 2.05) is 53.9 Å². The topological polar surface area (TPSA) is 38.3 Å². The first-order valence-electron chi connectivity index (χ1n) is 8.47. The van der Waals surface area contributed by atoms with Crippen molar-refractivity contribution in [3.05, 3.63) is 87.1 Å². The Hall–Kier alpha value is -2.30. The van der Waals surface area contributed by atoms with Gasteiger partial charge >= 0.3 is 0 Å². The van der Waals surface area contributed by atoms with E-state index in [-0.39, 0.29) is 11.9 Å². The SMILES string of the molecule is CCC(NC(=O)c1cc(COc2ccc(Cl)cc2)cs1)c1ccccc1. The number of hydrogen-bond acceptors (Lipinski definition) is 3. The van der Waals surface area contributed by atoms with Gasteiger partial charge in [0.15, 0.2) is 0 Å². The zero-order chi connectivity index (χ0) is 18.4. The molecule has 0 fully saturated rings. The van der Waals surface area contributed by atoms with Gasteiger partial charge in [-0.1, -0.05) is 48.9 Å². The van der Waals surface area contributed by atoms with Gasteiger partial charge in [0.25, 0.3) is 5.91 Å². The summed E-state index contributed by atoms with van der Waals surface area (Å²) in [6.45, 7) is 2.49. The fourth-order valence-electron chi connectivity index (χ4n) is 2.60. The van der Waals surface area contributed by atoms with Crippen molar-refractivity contribution in [2.45, 2.75) is 26.0 Å². The van der Waals surface area contributed by atoms with E-state index < -0.39 is 0 Å². The molecule has 1 atom stereocenters. The zero-order valence-electron chi connectivity index (χ0n) is 14.4. The van der Waals surface area contributed by atoms with Crippen LogP contribution in [-0.2, 0) is 6.61 Å². The highest BCUT2D eigenvalue weighted by Crippen LogP contribution is 2.21. The monoisotopic (exact) mass is 385 g/mol. The number of halogens is 1. The molecule has 1 aromatic heterocycles. The summed E-state index contributed by atoms with van der Waals surface area (Å²) in [6, 6.07) is 19.2. The summed E-state index contributed by atoms with van der Waals surface area (Å²) in [5.74, 6) is 0.699. The quantitative estimate of drug-likeness (QED) is 0.553. The van der Waals surface area contributed by atoms with Gasteiger partial charge < -0.3 is 10.1 Å². The van der Waals surface area contributed by atoms with E-state index in [1.165, 1.54) is 11.3 Å². The number of carbonyl (C=O) groups excluding carboxylic acids is 1. The molecule has 0 radical (unpaired) electrons. The molecule has 0 saturated heterocycles. The highest BCUT2D eigenvalue weighted by Gasteiger charge is 2.15. The Bertz CT molecular complexity index is 846. The molecule has 0 aliphatic rings. The van der Waals surface area contributed by atoms with Crippen LogP contribution in [0.4, 0.5) is 0 Å². The Morgan fingerprint density at radius 2 is 1.88 bits per heavy atom. The minimum absolute atomic E-state index is 0.0135. The van der Waals surface area contributed by atoms with Gasteiger partial charge in [0.05, 0.1) is 10.9 Å². The summed E-state index contributed by atoms with van der Waals surface area (Å²) in [7, 11) is 0. The predicted octanol–water partition coefficient (Wildman–Crippen LogP) is 5.86. The molecule has 1 amide bonds. The lowest BCUT2D eigenvalue weighted by Gasteiger charge is -2.16. The van der Waals surface area contributed by atoms with E-state index in [2.05, 4.69) is 12.2 Å². The fraction of sp³-hybridized carbons (Fsp3) is 0.190. The third-order valence-corrected chi connectivity index (χ3v) is 5.24. The molecule has 0 aliphatic heterocycles. The van der Waals surface area contributed by atoms with Crippen LogP contribution in [0.3, 0.4) is 0 Å². The lowest BCUT2D eigenvalue weighted by molar-refractivity contribution is 0.0939. The Labute approximate surface area is 162 Å². The number of benzene rings is 2. The van der Waals surface area contributed by atoms with Crippen molar-refractivity contribution in [1.82, 2.24) is 5.32 Å². The molecule has 1 heterocycles. The van der Waals surface area contributed by atoms with Crippen molar-refractivity contribution in [1.29, 1.82) is 0 Å². The Balaban J connectivity index is 1.59. The molecule has 0 bridgehead atoms. The predicted molar refractivity (Wildman–Crippen MR) is 107 cm³/mol. The van der Waals surface area contributed by atoms with Gasteiger partial charge in [-0.25, -0.2) is 0 Å². The van der Waals surface area contributed by atoms with Crippen molar-refractivity contribution in [3.63, 3.8) is 0 Å². The molecule has 3 rings (SSSR count). The Morgan fingerprint density at radius 3 is 2.58 bits per heavy atom. The van der Waals surface area contributed by atoms with Crippen LogP contribution in [0.15, 0.2) is 66.0 Å². The van der Waals surface area contributed by atoms with E-state index in [1.54, 1.807) is 12.1 Å². The maximum absolute atomic E-state index is 12.6. The third kappa shape index (κ3) is 4.87. The van der Waals surface area contributed by atoms with E-state index in [9.17, 15) is 4.79 Å². The summed E-state index contributed by atoms with van der Waals surface area (Å²) >= 11 is 7.30. The van der Waals surface area contributed by atoms with Gasteiger partial charge in [-0.15, -0.1) is 11.3 Å². The van der Waals surface area contributed by atoms with Crippen LogP contribution in [0.1, 0.15) is 40.2 Å². The number of rotatable bonds is 7. The molecule has 0 saturated carbocycles. The second-order valence-electron chi connectivity index (χ2n) is 5.91. The van der Waals surface area contributed by atoms with Crippen LogP contribution >= 0.6 is 22.9 Å². The van der Waals surface area contributed by atoms with Crippen molar-refractivity contribution in [3.8, 4) is 5.75 Å². The minimum Gasteiger partial charge on any atom is -0.489 e. The van der Waals surface area contributed by atoms with E-state index >= 15 is 0 Å². The summed E-state index contributed by atoms with van der Waals surface area (Å²) < 4.78 is 5.73. The molecule has 1 N–H and O–H groups in total. The smallest absolute Gasteiger partial charge is 0.261 e. The molecule has 0 aliphatic carbocycles. The van der Waals surface area contributed by atoms with Crippen LogP contribution < -0.4 is 10.1 Å². The van der Waals surface area contributed by atoms with Gasteiger partial charge in [-0.3, -0.25) is 4.79 Å². The highest BCUT2D eigenvalue weighted by atomic mass is 35.5. The van der Waals surface area contributed by atoms with Crippen LogP contribution in [0.2, 0.25) is 5.02 Å². The largest absolute Gasteiger partial charge is 0.489 e. The second-order valence-corrected chi connectivity index (χ2v) is 7.25. The van der Waals surface area contributed by atoms with Crippen LogP contribution in [0.5, 0.6) is 5.75 Å². The van der Waals surface area contributed by atoms with Gasteiger partial charge in [0.1, 0.15) is 12.4 Å². The minimum atomic E-state index is -0.0524. The molecule has 3 aromatic rings. The van der Waals surface area contributed by atoms with Crippen molar-refractivity contribution in [2.75, 3.05) is 0 Å². The van der Waals surface area contributed by atoms with Gasteiger partial charge in [-0.05, 0) is 47.7 Å². The summed E-state index contributed by atoms with van der Waals surface area (Å²) in [5, 5.41) is 5.74. The number of carbonyl (C=O) groups is 1. The molecule has 26 heavy (non-hydrogen) atoms. The maximum Gasteiger partial charge on any atom is 0.261 e. The molecular formula is C21H20ClNO2S. The van der Waals surface area contributed by atoms with E-state index in [0.717, 1.165) is 23.3 Å². The number of amides is 1. The average Bonchev–Trinajstić information content (AvgIpc) is 3.15. The first-order chi connectivity index (χ1) is 12.7. The summed E-state index contributed by atoms with van der Waals surface area (Å²) in [4.78, 5) is 13.2. The van der Waals surface area contributed by atoms with Gasteiger partial charge in [-0.2, -0.15) is 0 Å². The molecule has 2 aromatic carbocycles. The van der Waals surface area contributed by atoms with E-state index in [0.29, 0.717) is 16.5 Å². The van der Waals surface area contributed by atoms with Crippen molar-refractivity contribution < 1.29 is 9.53 Å². The molecular weight excluding hydrogens is 366 g/mol. The lowest BCUT2D eigenvalue weighted by atomic mass is 10.0. The zero-order valence-corrected chi connectivity index (χ0v) is 16.0. The number of hydrogen-bond donors (Lipinski definition) is 1. The second kappa shape index (κ2) is 8.88. The summed E-state index contributed by atoms with van der Waals surface area (Å²) in [5.41, 5.74) is 2.09. The lowest BCUT2D eigenvalue weighted by Crippen LogP contribution is -2.27. The Morgan fingerprint density at radius 1 is 1.15 bits per heavy atom. The number of ether oxygens (including phenoxy) is 1. The number of nitrogens with one attached hydrogen (secondary N) is 1. The van der Waals surface area contributed by atoms with Crippen LogP contribution in [0.25, 0.3) is 0 Å². The maximum atomic E-state index is 12.6. The Kier molecular flexibility index (Phi) is 6.31. The molecule has 1 unspecified atom stereocenters. The normalized spacial score (nSPS) is 11.8. The van der Waals surface area contributed by atoms with Crippen LogP contribution in [-0.4, -0.2) is 5.91 Å². The van der Waals surface area contributed by atoms with E-state index in [4.69, 9.17) is 16.3 Å². The number of thiophene rings is 1. The first kappa shape index (κ1) is 18.5. The molecule has 0 spiro atoms. The van der Waals surface area contributed by atoms with Crippen LogP contribution in [0, 0.1) is 0 Å². The average molecular weight is 386 g/mol. The van der Waals surface area contributed by atoms with Crippen molar-refractivity contribution in [2.24, 2.45) is 0 Å². The molecule has 3 nitrogen and oxygen atoms in total.